The van der Waals surface area contributed by atoms with Crippen LogP contribution in [0.1, 0.15) is 34.3 Å². The van der Waals surface area contributed by atoms with Gasteiger partial charge >= 0.3 is 0 Å². The van der Waals surface area contributed by atoms with E-state index in [1.165, 1.54) is 6.07 Å². The summed E-state index contributed by atoms with van der Waals surface area (Å²) >= 11 is 6.21. The second-order valence-electron chi connectivity index (χ2n) is 9.23. The van der Waals surface area contributed by atoms with Crippen LogP contribution in [0.4, 0.5) is 10.1 Å². The van der Waals surface area contributed by atoms with Gasteiger partial charge in [-0.3, -0.25) is 19.4 Å². The quantitative estimate of drug-likeness (QED) is 0.529. The molecule has 1 unspecified atom stereocenters. The first-order valence-corrected chi connectivity index (χ1v) is 12.8. The normalized spacial score (nSPS) is 17.3. The highest BCUT2D eigenvalue weighted by Gasteiger charge is 2.29. The van der Waals surface area contributed by atoms with Crippen molar-refractivity contribution in [3.8, 4) is 0 Å². The molecule has 0 bridgehead atoms. The largest absolute Gasteiger partial charge is 0.339 e. The second-order valence-corrected chi connectivity index (χ2v) is 9.67. The fraction of sp³-hybridized carbons (Fsp3) is 0.241. The third kappa shape index (κ3) is 5.45. The molecule has 3 aromatic carbocycles. The van der Waals surface area contributed by atoms with Crippen LogP contribution < -0.4 is 5.32 Å². The summed E-state index contributed by atoms with van der Waals surface area (Å²) in [6.07, 6.45) is 0.253. The number of fused-ring (bicyclic) bond motifs is 1. The lowest BCUT2D eigenvalue weighted by molar-refractivity contribution is -0.132. The van der Waals surface area contributed by atoms with Gasteiger partial charge in [0.25, 0.3) is 5.91 Å². The van der Waals surface area contributed by atoms with Gasteiger partial charge in [0, 0.05) is 54.3 Å². The molecule has 194 valence electrons. The van der Waals surface area contributed by atoms with Gasteiger partial charge in [0.1, 0.15) is 11.9 Å². The molecule has 38 heavy (non-hydrogen) atoms. The number of halogens is 2. The van der Waals surface area contributed by atoms with Crippen LogP contribution in [0.15, 0.2) is 77.8 Å². The van der Waals surface area contributed by atoms with Crippen LogP contribution in [0.25, 0.3) is 0 Å². The van der Waals surface area contributed by atoms with Crippen molar-refractivity contribution < 1.29 is 18.8 Å². The van der Waals surface area contributed by atoms with Gasteiger partial charge in [-0.1, -0.05) is 41.9 Å². The zero-order valence-electron chi connectivity index (χ0n) is 20.6. The van der Waals surface area contributed by atoms with Gasteiger partial charge in [-0.05, 0) is 48.9 Å². The van der Waals surface area contributed by atoms with Crippen LogP contribution in [-0.4, -0.2) is 65.5 Å². The van der Waals surface area contributed by atoms with Crippen LogP contribution in [0.3, 0.4) is 0 Å². The Morgan fingerprint density at radius 3 is 2.34 bits per heavy atom. The van der Waals surface area contributed by atoms with Crippen LogP contribution in [-0.2, 0) is 9.59 Å². The molecule has 0 aromatic heterocycles. The van der Waals surface area contributed by atoms with Gasteiger partial charge in [-0.15, -0.1) is 0 Å². The first-order valence-electron chi connectivity index (χ1n) is 12.5. The number of aliphatic imine (C=N–C) groups is 1. The highest BCUT2D eigenvalue weighted by atomic mass is 35.5. The average molecular weight is 533 g/mol. The number of rotatable bonds is 5. The van der Waals surface area contributed by atoms with Crippen LogP contribution in [0.5, 0.6) is 0 Å². The van der Waals surface area contributed by atoms with E-state index in [4.69, 9.17) is 11.6 Å². The van der Waals surface area contributed by atoms with E-state index in [-0.39, 0.29) is 36.1 Å². The molecule has 1 atom stereocenters. The zero-order chi connectivity index (χ0) is 26.6. The smallest absolute Gasteiger partial charge is 0.253 e. The van der Waals surface area contributed by atoms with E-state index in [1.807, 2.05) is 18.2 Å². The molecule has 7 nitrogen and oxygen atoms in total. The predicted octanol–water partition coefficient (Wildman–Crippen LogP) is 4.40. The van der Waals surface area contributed by atoms with Crippen molar-refractivity contribution in [1.29, 1.82) is 0 Å². The number of hydrogen-bond acceptors (Lipinski definition) is 4. The number of carbonyl (C=O) groups is 3. The number of piperazine rings is 1. The molecule has 0 radical (unpaired) electrons. The highest BCUT2D eigenvalue weighted by molar-refractivity contribution is 6.32. The number of anilines is 1. The Morgan fingerprint density at radius 1 is 0.921 bits per heavy atom. The van der Waals surface area contributed by atoms with Crippen molar-refractivity contribution in [3.63, 3.8) is 0 Å². The van der Waals surface area contributed by atoms with Crippen molar-refractivity contribution in [2.24, 2.45) is 4.99 Å². The van der Waals surface area contributed by atoms with E-state index in [0.29, 0.717) is 53.7 Å². The molecule has 0 saturated carbocycles. The standard InChI is InChI=1S/C29H26ClFN4O3/c30-20-10-11-24-22(18-20)27(21-8-4-5-9-23(21)31)32-25(28(37)33-24)12-13-26(36)34-14-16-35(17-15-34)29(38)19-6-2-1-3-7-19/h1-11,18,25H,12-17H2,(H,33,37). The molecule has 9 heteroatoms. The molecule has 1 saturated heterocycles. The summed E-state index contributed by atoms with van der Waals surface area (Å²) in [5.41, 5.74) is 2.18. The third-order valence-corrected chi connectivity index (χ3v) is 7.02. The molecule has 5 rings (SSSR count). The number of carbonyl (C=O) groups excluding carboxylic acids is 3. The van der Waals surface area contributed by atoms with Crippen molar-refractivity contribution in [2.45, 2.75) is 18.9 Å². The Balaban J connectivity index is 1.28. The molecule has 2 aliphatic heterocycles. The summed E-state index contributed by atoms with van der Waals surface area (Å²) in [5.74, 6) is -1.00. The van der Waals surface area contributed by atoms with Gasteiger partial charge in [0.15, 0.2) is 0 Å². The number of nitrogens with one attached hydrogen (secondary N) is 1. The molecular weight excluding hydrogens is 507 g/mol. The third-order valence-electron chi connectivity index (χ3n) is 6.78. The Morgan fingerprint density at radius 2 is 1.61 bits per heavy atom. The molecule has 0 spiro atoms. The van der Waals surface area contributed by atoms with E-state index in [2.05, 4.69) is 10.3 Å². The highest BCUT2D eigenvalue weighted by Crippen LogP contribution is 2.29. The van der Waals surface area contributed by atoms with E-state index >= 15 is 0 Å². The van der Waals surface area contributed by atoms with E-state index < -0.39 is 11.9 Å². The molecule has 1 fully saturated rings. The maximum atomic E-state index is 14.8. The van der Waals surface area contributed by atoms with Gasteiger partial charge < -0.3 is 15.1 Å². The fourth-order valence-corrected chi connectivity index (χ4v) is 4.90. The Bertz CT molecular complexity index is 1400. The number of benzodiazepines with no additional fused rings is 1. The fourth-order valence-electron chi connectivity index (χ4n) is 4.73. The predicted molar refractivity (Wildman–Crippen MR) is 144 cm³/mol. The van der Waals surface area contributed by atoms with Crippen LogP contribution in [0, 0.1) is 5.82 Å². The number of amides is 3. The lowest BCUT2D eigenvalue weighted by atomic mass is 10.00. The van der Waals surface area contributed by atoms with Crippen LogP contribution >= 0.6 is 11.6 Å². The summed E-state index contributed by atoms with van der Waals surface area (Å²) in [6, 6.07) is 19.4. The van der Waals surface area contributed by atoms with Crippen molar-refractivity contribution >= 4 is 40.7 Å². The zero-order valence-corrected chi connectivity index (χ0v) is 21.3. The molecule has 2 heterocycles. The lowest BCUT2D eigenvalue weighted by Gasteiger charge is -2.35. The minimum atomic E-state index is -0.888. The van der Waals surface area contributed by atoms with E-state index in [1.54, 1.807) is 58.3 Å². The van der Waals surface area contributed by atoms with Crippen LogP contribution in [0.2, 0.25) is 5.02 Å². The first kappa shape index (κ1) is 25.6. The summed E-state index contributed by atoms with van der Waals surface area (Å²) in [7, 11) is 0. The molecule has 1 N–H and O–H groups in total. The maximum Gasteiger partial charge on any atom is 0.253 e. The summed E-state index contributed by atoms with van der Waals surface area (Å²) < 4.78 is 14.8. The van der Waals surface area contributed by atoms with Gasteiger partial charge in [0.2, 0.25) is 11.8 Å². The van der Waals surface area contributed by atoms with E-state index in [0.717, 1.165) is 0 Å². The van der Waals surface area contributed by atoms with E-state index in [9.17, 15) is 18.8 Å². The topological polar surface area (TPSA) is 82.1 Å². The Labute approximate surface area is 224 Å². The number of hydrogen-bond donors (Lipinski definition) is 1. The van der Waals surface area contributed by atoms with Crippen molar-refractivity contribution in [3.05, 3.63) is 100 Å². The first-order chi connectivity index (χ1) is 18.4. The Hall–Kier alpha value is -4.04. The Kier molecular flexibility index (Phi) is 7.51. The minimum Gasteiger partial charge on any atom is -0.339 e. The second kappa shape index (κ2) is 11.1. The van der Waals surface area contributed by atoms with Gasteiger partial charge in [-0.25, -0.2) is 4.39 Å². The van der Waals surface area contributed by atoms with Gasteiger partial charge in [0.05, 0.1) is 11.4 Å². The average Bonchev–Trinajstić information content (AvgIpc) is 3.07. The van der Waals surface area contributed by atoms with Crippen molar-refractivity contribution in [2.75, 3.05) is 31.5 Å². The molecule has 2 aliphatic rings. The summed E-state index contributed by atoms with van der Waals surface area (Å²) in [6.45, 7) is 1.72. The maximum absolute atomic E-state index is 14.8. The lowest BCUT2D eigenvalue weighted by Crippen LogP contribution is -2.50. The monoisotopic (exact) mass is 532 g/mol. The summed E-state index contributed by atoms with van der Waals surface area (Å²) in [5, 5.41) is 3.28. The van der Waals surface area contributed by atoms with Crippen molar-refractivity contribution in [1.82, 2.24) is 9.80 Å². The molecular formula is C29H26ClFN4O3. The molecule has 3 amide bonds. The molecule has 3 aromatic rings. The SMILES string of the molecule is O=C1Nc2ccc(Cl)cc2C(c2ccccc2F)=NC1CCC(=O)N1CCN(C(=O)c2ccccc2)CC1. The number of nitrogens with zero attached hydrogens (tertiary/aromatic N) is 3. The number of benzene rings is 3. The molecule has 0 aliphatic carbocycles. The minimum absolute atomic E-state index is 0.0532. The van der Waals surface area contributed by atoms with Gasteiger partial charge in [-0.2, -0.15) is 0 Å². The summed E-state index contributed by atoms with van der Waals surface area (Å²) in [4.78, 5) is 46.8.